The Balaban J connectivity index is 2.20. The molecule has 1 aromatic carbocycles. The van der Waals surface area contributed by atoms with E-state index >= 15 is 0 Å². The molecule has 7 heteroatoms. The molecule has 104 valence electrons. The van der Waals surface area contributed by atoms with Gasteiger partial charge in [0.05, 0.1) is 17.1 Å². The maximum absolute atomic E-state index is 10.7. The second kappa shape index (κ2) is 5.85. The molecule has 0 aromatic heterocycles. The predicted molar refractivity (Wildman–Crippen MR) is 74.3 cm³/mol. The van der Waals surface area contributed by atoms with Gasteiger partial charge in [-0.05, 0) is 34.8 Å². The molecule has 0 radical (unpaired) electrons. The number of non-ortho nitro benzene ring substituents is 1. The highest BCUT2D eigenvalue weighted by Crippen LogP contribution is 2.32. The largest absolute Gasteiger partial charge is 0.394 e. The van der Waals surface area contributed by atoms with Gasteiger partial charge in [-0.1, -0.05) is 0 Å². The SMILES string of the molecule is O=[N+]([O-])c1ccc(NC2(CO)CCOCC2)c(Br)c1. The fourth-order valence-electron chi connectivity index (χ4n) is 2.09. The van der Waals surface area contributed by atoms with E-state index in [9.17, 15) is 15.2 Å². The number of anilines is 1. The van der Waals surface area contributed by atoms with E-state index in [0.717, 1.165) is 5.69 Å². The smallest absolute Gasteiger partial charge is 0.270 e. The highest BCUT2D eigenvalue weighted by molar-refractivity contribution is 9.10. The topological polar surface area (TPSA) is 84.6 Å². The van der Waals surface area contributed by atoms with Crippen molar-refractivity contribution in [3.8, 4) is 0 Å². The first-order chi connectivity index (χ1) is 9.06. The van der Waals surface area contributed by atoms with Crippen LogP contribution in [0.25, 0.3) is 0 Å². The van der Waals surface area contributed by atoms with Crippen molar-refractivity contribution in [2.45, 2.75) is 18.4 Å². The molecule has 1 saturated heterocycles. The van der Waals surface area contributed by atoms with Crippen molar-refractivity contribution in [1.29, 1.82) is 0 Å². The van der Waals surface area contributed by atoms with Gasteiger partial charge in [-0.15, -0.1) is 0 Å². The van der Waals surface area contributed by atoms with Gasteiger partial charge in [0.25, 0.3) is 5.69 Å². The van der Waals surface area contributed by atoms with Gasteiger partial charge in [-0.3, -0.25) is 10.1 Å². The van der Waals surface area contributed by atoms with Crippen LogP contribution in [-0.4, -0.2) is 35.4 Å². The number of nitrogens with zero attached hydrogens (tertiary/aromatic N) is 1. The van der Waals surface area contributed by atoms with E-state index in [1.54, 1.807) is 6.07 Å². The zero-order valence-corrected chi connectivity index (χ0v) is 11.9. The van der Waals surface area contributed by atoms with Crippen LogP contribution < -0.4 is 5.32 Å². The van der Waals surface area contributed by atoms with Gasteiger partial charge in [0.2, 0.25) is 0 Å². The summed E-state index contributed by atoms with van der Waals surface area (Å²) in [5.41, 5.74) is 0.348. The van der Waals surface area contributed by atoms with Crippen LogP contribution in [0.3, 0.4) is 0 Å². The molecule has 0 saturated carbocycles. The van der Waals surface area contributed by atoms with Crippen LogP contribution in [0, 0.1) is 10.1 Å². The summed E-state index contributed by atoms with van der Waals surface area (Å²) in [6.07, 6.45) is 1.40. The lowest BCUT2D eigenvalue weighted by molar-refractivity contribution is -0.384. The van der Waals surface area contributed by atoms with Crippen molar-refractivity contribution in [2.24, 2.45) is 0 Å². The fourth-order valence-corrected chi connectivity index (χ4v) is 2.56. The lowest BCUT2D eigenvalue weighted by atomic mass is 9.90. The van der Waals surface area contributed by atoms with E-state index in [0.29, 0.717) is 30.5 Å². The average molecular weight is 331 g/mol. The summed E-state index contributed by atoms with van der Waals surface area (Å²) in [7, 11) is 0. The Morgan fingerprint density at radius 2 is 2.16 bits per heavy atom. The predicted octanol–water partition coefficient (Wildman–Crippen LogP) is 2.31. The molecular weight excluding hydrogens is 316 g/mol. The van der Waals surface area contributed by atoms with Gasteiger partial charge in [-0.2, -0.15) is 0 Å². The maximum atomic E-state index is 10.7. The standard InChI is InChI=1S/C12H15BrN2O4/c13-10-7-9(15(17)18)1-2-11(10)14-12(8-16)3-5-19-6-4-12/h1-2,7,14,16H,3-6,8H2. The van der Waals surface area contributed by atoms with E-state index in [1.165, 1.54) is 12.1 Å². The molecule has 1 aliphatic rings. The number of halogens is 1. The summed E-state index contributed by atoms with van der Waals surface area (Å²) < 4.78 is 5.91. The van der Waals surface area contributed by atoms with E-state index in [1.807, 2.05) is 0 Å². The van der Waals surface area contributed by atoms with Crippen molar-refractivity contribution < 1.29 is 14.8 Å². The molecule has 1 aromatic rings. The molecule has 1 heterocycles. The molecule has 2 rings (SSSR count). The summed E-state index contributed by atoms with van der Waals surface area (Å²) in [6.45, 7) is 1.19. The Bertz CT molecular complexity index is 475. The normalized spacial score (nSPS) is 18.0. The Labute approximate surface area is 119 Å². The minimum Gasteiger partial charge on any atom is -0.394 e. The first kappa shape index (κ1) is 14.2. The Kier molecular flexibility index (Phi) is 4.38. The van der Waals surface area contributed by atoms with Gasteiger partial charge in [0.1, 0.15) is 0 Å². The van der Waals surface area contributed by atoms with Gasteiger partial charge in [0.15, 0.2) is 0 Å². The molecule has 1 aliphatic heterocycles. The zero-order chi connectivity index (χ0) is 13.9. The summed E-state index contributed by atoms with van der Waals surface area (Å²) in [6, 6.07) is 4.54. The maximum Gasteiger partial charge on any atom is 0.270 e. The fraction of sp³-hybridized carbons (Fsp3) is 0.500. The molecule has 0 bridgehead atoms. The summed E-state index contributed by atoms with van der Waals surface area (Å²) in [5.74, 6) is 0. The van der Waals surface area contributed by atoms with E-state index in [2.05, 4.69) is 21.2 Å². The first-order valence-electron chi connectivity index (χ1n) is 5.97. The first-order valence-corrected chi connectivity index (χ1v) is 6.76. The van der Waals surface area contributed by atoms with Gasteiger partial charge >= 0.3 is 0 Å². The molecule has 0 atom stereocenters. The Morgan fingerprint density at radius 3 is 2.68 bits per heavy atom. The number of rotatable bonds is 4. The number of ether oxygens (including phenoxy) is 1. The third kappa shape index (κ3) is 3.23. The van der Waals surface area contributed by atoms with Crippen LogP contribution in [0.4, 0.5) is 11.4 Å². The number of benzene rings is 1. The molecule has 6 nitrogen and oxygen atoms in total. The third-order valence-electron chi connectivity index (χ3n) is 3.32. The number of aliphatic hydroxyl groups is 1. The molecule has 0 aliphatic carbocycles. The molecule has 0 amide bonds. The summed E-state index contributed by atoms with van der Waals surface area (Å²) in [5, 5.41) is 23.6. The van der Waals surface area contributed by atoms with Crippen LogP contribution in [-0.2, 0) is 4.74 Å². The number of aliphatic hydroxyl groups excluding tert-OH is 1. The number of nitro benzene ring substituents is 1. The number of nitro groups is 1. The van der Waals surface area contributed by atoms with E-state index in [4.69, 9.17) is 4.74 Å². The molecule has 19 heavy (non-hydrogen) atoms. The van der Waals surface area contributed by atoms with Crippen molar-refractivity contribution in [3.63, 3.8) is 0 Å². The highest BCUT2D eigenvalue weighted by atomic mass is 79.9. The highest BCUT2D eigenvalue weighted by Gasteiger charge is 2.32. The molecular formula is C12H15BrN2O4. The second-order valence-electron chi connectivity index (χ2n) is 4.60. The number of nitrogens with one attached hydrogen (secondary N) is 1. The molecule has 0 spiro atoms. The van der Waals surface area contributed by atoms with E-state index < -0.39 is 10.5 Å². The second-order valence-corrected chi connectivity index (χ2v) is 5.45. The Morgan fingerprint density at radius 1 is 1.47 bits per heavy atom. The van der Waals surface area contributed by atoms with Crippen LogP contribution in [0.5, 0.6) is 0 Å². The lowest BCUT2D eigenvalue weighted by Crippen LogP contribution is -2.47. The lowest BCUT2D eigenvalue weighted by Gasteiger charge is -2.37. The number of hydrogen-bond acceptors (Lipinski definition) is 5. The Hall–Kier alpha value is -1.18. The molecule has 1 fully saturated rings. The zero-order valence-electron chi connectivity index (χ0n) is 10.3. The van der Waals surface area contributed by atoms with Crippen molar-refractivity contribution >= 4 is 27.3 Å². The minimum absolute atomic E-state index is 0.000211. The van der Waals surface area contributed by atoms with Crippen LogP contribution in [0.15, 0.2) is 22.7 Å². The van der Waals surface area contributed by atoms with Crippen molar-refractivity contribution in [3.05, 3.63) is 32.8 Å². The van der Waals surface area contributed by atoms with Gasteiger partial charge in [0, 0.05) is 35.5 Å². The summed E-state index contributed by atoms with van der Waals surface area (Å²) >= 11 is 3.32. The van der Waals surface area contributed by atoms with E-state index in [-0.39, 0.29) is 12.3 Å². The van der Waals surface area contributed by atoms with Crippen LogP contribution in [0.2, 0.25) is 0 Å². The monoisotopic (exact) mass is 330 g/mol. The van der Waals surface area contributed by atoms with Crippen LogP contribution >= 0.6 is 15.9 Å². The quantitative estimate of drug-likeness (QED) is 0.653. The van der Waals surface area contributed by atoms with Crippen molar-refractivity contribution in [1.82, 2.24) is 0 Å². The average Bonchev–Trinajstić information content (AvgIpc) is 2.42. The van der Waals surface area contributed by atoms with Crippen molar-refractivity contribution in [2.75, 3.05) is 25.1 Å². The van der Waals surface area contributed by atoms with Gasteiger partial charge < -0.3 is 15.2 Å². The summed E-state index contributed by atoms with van der Waals surface area (Å²) in [4.78, 5) is 10.2. The third-order valence-corrected chi connectivity index (χ3v) is 3.97. The number of hydrogen-bond donors (Lipinski definition) is 2. The molecule has 2 N–H and O–H groups in total. The van der Waals surface area contributed by atoms with Crippen LogP contribution in [0.1, 0.15) is 12.8 Å². The molecule has 0 unspecified atom stereocenters. The van der Waals surface area contributed by atoms with Gasteiger partial charge in [-0.25, -0.2) is 0 Å². The minimum atomic E-state index is -0.440.